The maximum Gasteiger partial charge on any atom is 0.306 e. The van der Waals surface area contributed by atoms with Crippen LogP contribution in [-0.4, -0.2) is 54.6 Å². The van der Waals surface area contributed by atoms with Gasteiger partial charge in [0.2, 0.25) is 0 Å². The minimum atomic E-state index is -0.784. The number of aromatic nitrogens is 1. The van der Waals surface area contributed by atoms with E-state index in [0.717, 1.165) is 65.2 Å². The van der Waals surface area contributed by atoms with Crippen LogP contribution in [0.3, 0.4) is 0 Å². The molecule has 1 aromatic heterocycles. The topological polar surface area (TPSA) is 77.8 Å². The molecule has 47 heavy (non-hydrogen) atoms. The molecule has 0 amide bonds. The van der Waals surface area contributed by atoms with Gasteiger partial charge in [0.05, 0.1) is 26.2 Å². The van der Waals surface area contributed by atoms with Gasteiger partial charge in [-0.2, -0.15) is 0 Å². The molecule has 4 rings (SSSR count). The number of halogens is 1. The molecule has 2 aromatic carbocycles. The lowest BCUT2D eigenvalue weighted by molar-refractivity contribution is -0.143. The number of benzene rings is 2. The van der Waals surface area contributed by atoms with E-state index in [9.17, 15) is 14.4 Å². The third-order valence-corrected chi connectivity index (χ3v) is 9.46. The van der Waals surface area contributed by atoms with Crippen molar-refractivity contribution in [1.82, 2.24) is 9.47 Å². The quantitative estimate of drug-likeness (QED) is 0.160. The minimum Gasteiger partial charge on any atom is -0.496 e. The van der Waals surface area contributed by atoms with Crippen molar-refractivity contribution in [3.8, 4) is 16.9 Å². The van der Waals surface area contributed by atoms with Crippen LogP contribution in [0.25, 0.3) is 11.1 Å². The van der Waals surface area contributed by atoms with Crippen LogP contribution in [0.5, 0.6) is 5.75 Å². The number of methoxy groups -OCH3 is 1. The van der Waals surface area contributed by atoms with E-state index < -0.39 is 23.7 Å². The van der Waals surface area contributed by atoms with Crippen LogP contribution in [0.15, 0.2) is 41.3 Å². The summed E-state index contributed by atoms with van der Waals surface area (Å²) in [4.78, 5) is 43.1. The molecule has 1 aliphatic heterocycles. The summed E-state index contributed by atoms with van der Waals surface area (Å²) < 4.78 is 28.6. The Kier molecular flexibility index (Phi) is 12.2. The Morgan fingerprint density at radius 3 is 2.32 bits per heavy atom. The Morgan fingerprint density at radius 1 is 0.979 bits per heavy atom. The molecule has 0 bridgehead atoms. The zero-order valence-electron chi connectivity index (χ0n) is 29.4. The molecule has 2 heterocycles. The van der Waals surface area contributed by atoms with Gasteiger partial charge in [0, 0.05) is 31.1 Å². The van der Waals surface area contributed by atoms with Crippen LogP contribution in [0.2, 0.25) is 0 Å². The van der Waals surface area contributed by atoms with E-state index in [2.05, 4.69) is 4.90 Å². The fourth-order valence-electron chi connectivity index (χ4n) is 6.75. The van der Waals surface area contributed by atoms with E-state index >= 15 is 4.39 Å². The summed E-state index contributed by atoms with van der Waals surface area (Å²) in [5, 5.41) is 0. The number of rotatable bonds is 15. The molecule has 1 fully saturated rings. The molecule has 7 nitrogen and oxygen atoms in total. The number of ether oxygens (including phenoxy) is 2. The fraction of sp³-hybridized carbons (Fsp3) is 0.513. The minimum absolute atomic E-state index is 0.116. The van der Waals surface area contributed by atoms with Crippen LogP contribution in [0, 0.1) is 39.4 Å². The lowest BCUT2D eigenvalue weighted by atomic mass is 9.83. The van der Waals surface area contributed by atoms with Gasteiger partial charge in [-0.05, 0) is 136 Å². The van der Waals surface area contributed by atoms with Gasteiger partial charge in [-0.1, -0.05) is 19.9 Å². The Balaban J connectivity index is 1.77. The normalized spacial score (nSPS) is 14.5. The summed E-state index contributed by atoms with van der Waals surface area (Å²) in [5.41, 5.74) is 6.06. The second-order valence-electron chi connectivity index (χ2n) is 13.5. The highest BCUT2D eigenvalue weighted by atomic mass is 19.1. The van der Waals surface area contributed by atoms with Crippen molar-refractivity contribution >= 4 is 11.8 Å². The van der Waals surface area contributed by atoms with Gasteiger partial charge >= 0.3 is 5.97 Å². The first-order chi connectivity index (χ1) is 22.3. The van der Waals surface area contributed by atoms with Gasteiger partial charge in [-0.15, -0.1) is 0 Å². The summed E-state index contributed by atoms with van der Waals surface area (Å²) in [5.74, 6) is -1.10. The maximum atomic E-state index is 16.1. The predicted molar refractivity (Wildman–Crippen MR) is 185 cm³/mol. The number of nitrogens with zero attached hydrogens (tertiary/aromatic N) is 2. The molecule has 0 saturated carbocycles. The van der Waals surface area contributed by atoms with Gasteiger partial charge in [0.15, 0.2) is 5.78 Å². The number of pyridine rings is 1. The number of aryl methyl sites for hydroxylation is 3. The standard InChI is InChI=1S/C39H51FN2O5/c1-9-47-37(45)22-30(32-20-31(18-27(6)39(32)40)38-25(4)11-12-35(46-8)28(38)7)21-34(43)33(17-24(2)3)42-23-29(26(5)19-36(42)44)13-16-41-14-10-15-41/h11-12,18-20,23-24,30,33H,9-10,13-17,21-22H2,1-8H3/t30-,33?/m0/s1. The van der Waals surface area contributed by atoms with Crippen LogP contribution in [0.1, 0.15) is 91.8 Å². The number of esters is 1. The number of likely N-dealkylation sites (tertiary alicyclic amines) is 1. The summed E-state index contributed by atoms with van der Waals surface area (Å²) in [7, 11) is 1.62. The summed E-state index contributed by atoms with van der Waals surface area (Å²) in [6.07, 6.45) is 4.02. The van der Waals surface area contributed by atoms with E-state index in [-0.39, 0.29) is 42.3 Å². The Labute approximate surface area is 279 Å². The van der Waals surface area contributed by atoms with Gasteiger partial charge in [0.25, 0.3) is 5.56 Å². The lowest BCUT2D eigenvalue weighted by Gasteiger charge is -2.31. The average molecular weight is 647 g/mol. The predicted octanol–water partition coefficient (Wildman–Crippen LogP) is 7.43. The number of hydrogen-bond donors (Lipinski definition) is 0. The van der Waals surface area contributed by atoms with Crippen molar-refractivity contribution in [1.29, 1.82) is 0 Å². The highest BCUT2D eigenvalue weighted by Gasteiger charge is 2.30. The van der Waals surface area contributed by atoms with Crippen molar-refractivity contribution in [2.45, 2.75) is 92.5 Å². The first-order valence-corrected chi connectivity index (χ1v) is 16.9. The number of hydrogen-bond acceptors (Lipinski definition) is 6. The van der Waals surface area contributed by atoms with Gasteiger partial charge in [-0.3, -0.25) is 14.4 Å². The third-order valence-electron chi connectivity index (χ3n) is 9.46. The Bertz CT molecular complexity index is 1660. The van der Waals surface area contributed by atoms with Crippen molar-refractivity contribution in [2.24, 2.45) is 5.92 Å². The van der Waals surface area contributed by atoms with Crippen molar-refractivity contribution in [2.75, 3.05) is 33.4 Å². The van der Waals surface area contributed by atoms with Crippen LogP contribution < -0.4 is 10.3 Å². The molecule has 3 aromatic rings. The number of ketones is 1. The first-order valence-electron chi connectivity index (χ1n) is 16.9. The largest absolute Gasteiger partial charge is 0.496 e. The maximum absolute atomic E-state index is 16.1. The van der Waals surface area contributed by atoms with Crippen molar-refractivity contribution in [3.05, 3.63) is 86.1 Å². The number of carbonyl (C=O) groups excluding carboxylic acids is 2. The molecule has 0 N–H and O–H groups in total. The summed E-state index contributed by atoms with van der Waals surface area (Å²) in [6.45, 7) is 16.6. The second kappa shape index (κ2) is 15.9. The van der Waals surface area contributed by atoms with Gasteiger partial charge in [-0.25, -0.2) is 4.39 Å². The average Bonchev–Trinajstić information content (AvgIpc) is 2.97. The molecule has 0 spiro atoms. The molecule has 8 heteroatoms. The van der Waals surface area contributed by atoms with Gasteiger partial charge < -0.3 is 18.9 Å². The third kappa shape index (κ3) is 8.58. The molecule has 1 unspecified atom stereocenters. The first kappa shape index (κ1) is 36.1. The van der Waals surface area contributed by atoms with E-state index in [1.165, 1.54) is 6.42 Å². The monoisotopic (exact) mass is 646 g/mol. The zero-order chi connectivity index (χ0) is 34.4. The van der Waals surface area contributed by atoms with Crippen molar-refractivity contribution < 1.29 is 23.5 Å². The van der Waals surface area contributed by atoms with Crippen LogP contribution >= 0.6 is 0 Å². The summed E-state index contributed by atoms with van der Waals surface area (Å²) >= 11 is 0. The van der Waals surface area contributed by atoms with Gasteiger partial charge in [0.1, 0.15) is 11.6 Å². The molecule has 1 saturated heterocycles. The Morgan fingerprint density at radius 2 is 1.70 bits per heavy atom. The molecule has 1 aliphatic rings. The highest BCUT2D eigenvalue weighted by Crippen LogP contribution is 2.38. The smallest absolute Gasteiger partial charge is 0.306 e. The fourth-order valence-corrected chi connectivity index (χ4v) is 6.75. The van der Waals surface area contributed by atoms with E-state index in [1.807, 2.05) is 52.9 Å². The van der Waals surface area contributed by atoms with E-state index in [4.69, 9.17) is 9.47 Å². The molecule has 254 valence electrons. The summed E-state index contributed by atoms with van der Waals surface area (Å²) in [6, 6.07) is 8.31. The highest BCUT2D eigenvalue weighted by molar-refractivity contribution is 5.85. The number of Topliss-reactive ketones (excluding diaryl/α,β-unsaturated/α-hetero) is 1. The second-order valence-corrected chi connectivity index (χ2v) is 13.5. The van der Waals surface area contributed by atoms with E-state index in [1.54, 1.807) is 43.7 Å². The van der Waals surface area contributed by atoms with E-state index in [0.29, 0.717) is 12.0 Å². The SMILES string of the molecule is CCOC(=O)C[C@H](CC(=O)C(CC(C)C)n1cc(CCN2CCC2)c(C)cc1=O)c1cc(-c2c(C)ccc(OC)c2C)cc(C)c1F. The number of carbonyl (C=O) groups is 2. The van der Waals surface area contributed by atoms with Crippen molar-refractivity contribution in [3.63, 3.8) is 0 Å². The molecule has 0 aliphatic carbocycles. The molecular weight excluding hydrogens is 595 g/mol. The zero-order valence-corrected chi connectivity index (χ0v) is 29.4. The Hall–Kier alpha value is -3.78. The molecule has 0 radical (unpaired) electrons. The molecule has 2 atom stereocenters. The molecular formula is C39H51FN2O5. The lowest BCUT2D eigenvalue weighted by Crippen LogP contribution is -2.38. The van der Waals surface area contributed by atoms with Crippen LogP contribution in [-0.2, 0) is 20.7 Å². The van der Waals surface area contributed by atoms with Crippen LogP contribution in [0.4, 0.5) is 4.39 Å².